The number of nitrogens with one attached hydrogen (secondary N) is 2. The minimum absolute atomic E-state index is 0.00885. The second kappa shape index (κ2) is 6.06. The molecule has 1 aliphatic rings. The Balaban J connectivity index is 2.74. The molecule has 0 aliphatic heterocycles. The highest BCUT2D eigenvalue weighted by Crippen LogP contribution is 2.22. The SMILES string of the molecule is CC=CC1(NC(C)C)C=CC(NC(C)C)=CC1. The first-order chi connectivity index (χ1) is 7.97. The van der Waals surface area contributed by atoms with Crippen molar-refractivity contribution in [3.05, 3.63) is 36.1 Å². The Morgan fingerprint density at radius 2 is 1.94 bits per heavy atom. The van der Waals surface area contributed by atoms with Gasteiger partial charge in [-0.2, -0.15) is 0 Å². The molecule has 96 valence electrons. The molecule has 0 bridgehead atoms. The molecule has 0 amide bonds. The van der Waals surface area contributed by atoms with E-state index in [2.05, 4.69) is 75.6 Å². The van der Waals surface area contributed by atoms with Crippen molar-refractivity contribution in [2.45, 2.75) is 58.7 Å². The van der Waals surface area contributed by atoms with E-state index in [9.17, 15) is 0 Å². The van der Waals surface area contributed by atoms with Crippen LogP contribution in [0.25, 0.3) is 0 Å². The summed E-state index contributed by atoms with van der Waals surface area (Å²) in [6.45, 7) is 10.8. The van der Waals surface area contributed by atoms with E-state index in [0.717, 1.165) is 6.42 Å². The Hall–Kier alpha value is -1.02. The summed E-state index contributed by atoms with van der Waals surface area (Å²) in [5.74, 6) is 0. The third-order valence-corrected chi connectivity index (χ3v) is 2.70. The van der Waals surface area contributed by atoms with Gasteiger partial charge in [-0.15, -0.1) is 0 Å². The first-order valence-electron chi connectivity index (χ1n) is 6.55. The Labute approximate surface area is 106 Å². The molecule has 0 fully saturated rings. The Kier molecular flexibility index (Phi) is 5.01. The van der Waals surface area contributed by atoms with Crippen molar-refractivity contribution in [2.24, 2.45) is 0 Å². The molecule has 1 atom stereocenters. The van der Waals surface area contributed by atoms with Crippen LogP contribution in [0.3, 0.4) is 0 Å². The van der Waals surface area contributed by atoms with Crippen LogP contribution in [-0.4, -0.2) is 17.6 Å². The van der Waals surface area contributed by atoms with Gasteiger partial charge in [0.25, 0.3) is 0 Å². The lowest BCUT2D eigenvalue weighted by Gasteiger charge is -2.33. The van der Waals surface area contributed by atoms with Crippen LogP contribution in [0, 0.1) is 0 Å². The summed E-state index contributed by atoms with van der Waals surface area (Å²) in [4.78, 5) is 0. The molecule has 0 radical (unpaired) electrons. The van der Waals surface area contributed by atoms with E-state index in [1.807, 2.05) is 0 Å². The van der Waals surface area contributed by atoms with Gasteiger partial charge in [0.05, 0.1) is 5.54 Å². The molecular weight excluding hydrogens is 208 g/mol. The number of hydrogen-bond acceptors (Lipinski definition) is 2. The standard InChI is InChI=1S/C15H26N2/c1-6-9-15(17-13(4)5)10-7-14(8-11-15)16-12(2)3/h6-10,12-13,16-17H,11H2,1-5H3. The van der Waals surface area contributed by atoms with E-state index in [4.69, 9.17) is 0 Å². The van der Waals surface area contributed by atoms with Crippen molar-refractivity contribution in [2.75, 3.05) is 0 Å². The van der Waals surface area contributed by atoms with E-state index in [0.29, 0.717) is 12.1 Å². The van der Waals surface area contributed by atoms with Gasteiger partial charge in [-0.1, -0.05) is 24.3 Å². The quantitative estimate of drug-likeness (QED) is 0.714. The van der Waals surface area contributed by atoms with E-state index < -0.39 is 0 Å². The maximum atomic E-state index is 3.62. The van der Waals surface area contributed by atoms with Crippen molar-refractivity contribution >= 4 is 0 Å². The normalized spacial score (nSPS) is 24.8. The minimum Gasteiger partial charge on any atom is -0.383 e. The molecule has 0 heterocycles. The fourth-order valence-corrected chi connectivity index (χ4v) is 2.21. The van der Waals surface area contributed by atoms with Gasteiger partial charge in [-0.3, -0.25) is 0 Å². The van der Waals surface area contributed by atoms with Crippen molar-refractivity contribution in [1.82, 2.24) is 10.6 Å². The molecule has 0 aromatic heterocycles. The lowest BCUT2D eigenvalue weighted by molar-refractivity contribution is 0.433. The summed E-state index contributed by atoms with van der Waals surface area (Å²) in [5.41, 5.74) is 1.22. The molecule has 0 aromatic rings. The van der Waals surface area contributed by atoms with Crippen LogP contribution in [0.5, 0.6) is 0 Å². The monoisotopic (exact) mass is 234 g/mol. The van der Waals surface area contributed by atoms with Crippen LogP contribution >= 0.6 is 0 Å². The fraction of sp³-hybridized carbons (Fsp3) is 0.600. The van der Waals surface area contributed by atoms with Gasteiger partial charge in [0, 0.05) is 17.8 Å². The van der Waals surface area contributed by atoms with E-state index in [-0.39, 0.29) is 5.54 Å². The molecule has 2 heteroatoms. The second-order valence-corrected chi connectivity index (χ2v) is 5.34. The van der Waals surface area contributed by atoms with Crippen molar-refractivity contribution in [1.29, 1.82) is 0 Å². The van der Waals surface area contributed by atoms with Crippen LogP contribution in [0.15, 0.2) is 36.1 Å². The average Bonchev–Trinajstić information content (AvgIpc) is 2.20. The first kappa shape index (κ1) is 14.0. The molecule has 17 heavy (non-hydrogen) atoms. The van der Waals surface area contributed by atoms with E-state index in [1.165, 1.54) is 5.70 Å². The zero-order valence-electron chi connectivity index (χ0n) is 11.7. The molecular formula is C15H26N2. The summed E-state index contributed by atoms with van der Waals surface area (Å²) < 4.78 is 0. The van der Waals surface area contributed by atoms with Crippen molar-refractivity contribution in [3.8, 4) is 0 Å². The summed E-state index contributed by atoms with van der Waals surface area (Å²) in [5, 5.41) is 7.06. The van der Waals surface area contributed by atoms with Crippen LogP contribution in [0.1, 0.15) is 41.0 Å². The summed E-state index contributed by atoms with van der Waals surface area (Å²) in [6.07, 6.45) is 12.1. The predicted octanol–water partition coefficient (Wildman–Crippen LogP) is 3.14. The van der Waals surface area contributed by atoms with Gasteiger partial charge < -0.3 is 10.6 Å². The lowest BCUT2D eigenvalue weighted by Crippen LogP contribution is -2.46. The number of rotatable bonds is 5. The van der Waals surface area contributed by atoms with Crippen LogP contribution in [0.4, 0.5) is 0 Å². The first-order valence-corrected chi connectivity index (χ1v) is 6.55. The van der Waals surface area contributed by atoms with E-state index in [1.54, 1.807) is 0 Å². The maximum Gasteiger partial charge on any atom is 0.0591 e. The molecule has 1 unspecified atom stereocenters. The Morgan fingerprint density at radius 1 is 1.24 bits per heavy atom. The highest BCUT2D eigenvalue weighted by Gasteiger charge is 2.25. The lowest BCUT2D eigenvalue weighted by atomic mass is 9.89. The molecule has 0 spiro atoms. The zero-order chi connectivity index (χ0) is 12.9. The number of hydrogen-bond donors (Lipinski definition) is 2. The Morgan fingerprint density at radius 3 is 2.35 bits per heavy atom. The number of allylic oxidation sites excluding steroid dienone is 2. The summed E-state index contributed by atoms with van der Waals surface area (Å²) in [7, 11) is 0. The molecule has 2 N–H and O–H groups in total. The minimum atomic E-state index is -0.00885. The van der Waals surface area contributed by atoms with Crippen LogP contribution in [-0.2, 0) is 0 Å². The van der Waals surface area contributed by atoms with Crippen molar-refractivity contribution < 1.29 is 0 Å². The van der Waals surface area contributed by atoms with Crippen molar-refractivity contribution in [3.63, 3.8) is 0 Å². The summed E-state index contributed by atoms with van der Waals surface area (Å²) in [6, 6.07) is 0.960. The van der Waals surface area contributed by atoms with Gasteiger partial charge >= 0.3 is 0 Å². The third-order valence-electron chi connectivity index (χ3n) is 2.70. The fourth-order valence-electron chi connectivity index (χ4n) is 2.21. The average molecular weight is 234 g/mol. The van der Waals surface area contributed by atoms with Gasteiger partial charge in [0.15, 0.2) is 0 Å². The van der Waals surface area contributed by atoms with Crippen LogP contribution < -0.4 is 10.6 Å². The zero-order valence-corrected chi connectivity index (χ0v) is 11.7. The molecule has 0 saturated carbocycles. The van der Waals surface area contributed by atoms with Gasteiger partial charge in [-0.25, -0.2) is 0 Å². The highest BCUT2D eigenvalue weighted by atomic mass is 15.0. The second-order valence-electron chi connectivity index (χ2n) is 5.34. The molecule has 1 rings (SSSR count). The van der Waals surface area contributed by atoms with E-state index >= 15 is 0 Å². The van der Waals surface area contributed by atoms with Gasteiger partial charge in [0.1, 0.15) is 0 Å². The maximum absolute atomic E-state index is 3.62. The summed E-state index contributed by atoms with van der Waals surface area (Å²) >= 11 is 0. The molecule has 1 aliphatic carbocycles. The Bertz CT molecular complexity index is 324. The molecule has 2 nitrogen and oxygen atoms in total. The van der Waals surface area contributed by atoms with Gasteiger partial charge in [0.2, 0.25) is 0 Å². The topological polar surface area (TPSA) is 24.1 Å². The van der Waals surface area contributed by atoms with Gasteiger partial charge in [-0.05, 0) is 47.1 Å². The molecule has 0 aromatic carbocycles. The third kappa shape index (κ3) is 4.39. The predicted molar refractivity (Wildman–Crippen MR) is 75.9 cm³/mol. The smallest absolute Gasteiger partial charge is 0.0591 e. The molecule has 0 saturated heterocycles. The highest BCUT2D eigenvalue weighted by molar-refractivity contribution is 5.33. The van der Waals surface area contributed by atoms with Crippen LogP contribution in [0.2, 0.25) is 0 Å². The largest absolute Gasteiger partial charge is 0.383 e.